The second-order valence-corrected chi connectivity index (χ2v) is 7.94. The van der Waals surface area contributed by atoms with Gasteiger partial charge in [0.15, 0.2) is 0 Å². The molecule has 0 aromatic heterocycles. The Kier molecular flexibility index (Phi) is 7.10. The summed E-state index contributed by atoms with van der Waals surface area (Å²) >= 11 is 0. The molecule has 37 heavy (non-hydrogen) atoms. The highest BCUT2D eigenvalue weighted by Gasteiger charge is 2.47. The van der Waals surface area contributed by atoms with Crippen molar-refractivity contribution in [3.63, 3.8) is 0 Å². The Morgan fingerprint density at radius 1 is 0.946 bits per heavy atom. The van der Waals surface area contributed by atoms with Crippen LogP contribution in [-0.4, -0.2) is 36.9 Å². The van der Waals surface area contributed by atoms with E-state index in [2.05, 4.69) is 4.74 Å². The van der Waals surface area contributed by atoms with Gasteiger partial charge < -0.3 is 19.3 Å². The Balaban J connectivity index is 1.84. The first-order chi connectivity index (χ1) is 17.6. The smallest absolute Gasteiger partial charge is 0.507 e. The highest BCUT2D eigenvalue weighted by molar-refractivity contribution is 6.51. The number of amides is 1. The van der Waals surface area contributed by atoms with Crippen molar-refractivity contribution in [3.05, 3.63) is 89.5 Å². The summed E-state index contributed by atoms with van der Waals surface area (Å²) in [4.78, 5) is 27.6. The lowest BCUT2D eigenvalue weighted by Crippen LogP contribution is -2.29. The molecule has 192 valence electrons. The van der Waals surface area contributed by atoms with Gasteiger partial charge in [-0.15, -0.1) is 13.2 Å². The van der Waals surface area contributed by atoms with Gasteiger partial charge in [-0.05, 0) is 73.2 Å². The predicted octanol–water partition coefficient (Wildman–Crippen LogP) is 5.62. The van der Waals surface area contributed by atoms with Crippen molar-refractivity contribution in [2.24, 2.45) is 0 Å². The predicted molar refractivity (Wildman–Crippen MR) is 129 cm³/mol. The van der Waals surface area contributed by atoms with Crippen LogP contribution >= 0.6 is 0 Å². The van der Waals surface area contributed by atoms with Gasteiger partial charge in [-0.25, -0.2) is 0 Å². The van der Waals surface area contributed by atoms with Crippen LogP contribution in [0.5, 0.6) is 17.2 Å². The number of ketones is 1. The number of ether oxygens (including phenoxy) is 3. The normalized spacial score (nSPS) is 17.1. The molecule has 1 fully saturated rings. The highest BCUT2D eigenvalue weighted by atomic mass is 19.4. The van der Waals surface area contributed by atoms with Gasteiger partial charge in [-0.2, -0.15) is 0 Å². The molecular formula is C27H22F3NO6. The number of carbonyl (C=O) groups excluding carboxylic acids is 2. The monoisotopic (exact) mass is 513 g/mol. The van der Waals surface area contributed by atoms with Crippen molar-refractivity contribution in [3.8, 4) is 17.2 Å². The fraction of sp³-hybridized carbons (Fsp3) is 0.185. The molecule has 1 saturated heterocycles. The van der Waals surface area contributed by atoms with Crippen LogP contribution in [0.25, 0.3) is 5.76 Å². The third-order valence-electron chi connectivity index (χ3n) is 5.64. The van der Waals surface area contributed by atoms with E-state index in [9.17, 15) is 27.9 Å². The van der Waals surface area contributed by atoms with Crippen molar-refractivity contribution >= 4 is 23.1 Å². The van der Waals surface area contributed by atoms with Gasteiger partial charge in [-0.1, -0.05) is 12.1 Å². The number of Topliss-reactive ketones (excluding diaryl/α,β-unsaturated/α-hetero) is 1. The lowest BCUT2D eigenvalue weighted by Gasteiger charge is -2.26. The topological polar surface area (TPSA) is 85.3 Å². The zero-order valence-electron chi connectivity index (χ0n) is 19.8. The van der Waals surface area contributed by atoms with Gasteiger partial charge in [0.05, 0.1) is 25.3 Å². The number of benzene rings is 3. The summed E-state index contributed by atoms with van der Waals surface area (Å²) in [5, 5.41) is 11.2. The van der Waals surface area contributed by atoms with Gasteiger partial charge in [0, 0.05) is 11.3 Å². The number of aliphatic hydroxyl groups is 1. The number of carbonyl (C=O) groups is 2. The van der Waals surface area contributed by atoms with Crippen LogP contribution in [0, 0.1) is 0 Å². The number of nitrogens with zero attached hydrogens (tertiary/aromatic N) is 1. The molecule has 0 bridgehead atoms. The van der Waals surface area contributed by atoms with E-state index in [4.69, 9.17) is 9.47 Å². The van der Waals surface area contributed by atoms with Gasteiger partial charge in [0.25, 0.3) is 11.7 Å². The second-order valence-electron chi connectivity index (χ2n) is 7.94. The van der Waals surface area contributed by atoms with E-state index in [0.717, 1.165) is 17.0 Å². The number of hydrogen-bond donors (Lipinski definition) is 1. The van der Waals surface area contributed by atoms with Crippen molar-refractivity contribution in [2.75, 3.05) is 18.6 Å². The fourth-order valence-electron chi connectivity index (χ4n) is 4.07. The van der Waals surface area contributed by atoms with Crippen LogP contribution in [0.15, 0.2) is 78.4 Å². The fourth-order valence-corrected chi connectivity index (χ4v) is 4.07. The molecule has 0 spiro atoms. The molecule has 1 atom stereocenters. The minimum Gasteiger partial charge on any atom is -0.507 e. The zero-order chi connectivity index (χ0) is 26.7. The number of methoxy groups -OCH3 is 1. The number of aliphatic hydroxyl groups excluding tert-OH is 1. The van der Waals surface area contributed by atoms with Crippen LogP contribution in [-0.2, 0) is 9.59 Å². The molecular weight excluding hydrogens is 491 g/mol. The molecule has 0 aliphatic carbocycles. The summed E-state index contributed by atoms with van der Waals surface area (Å²) in [5.41, 5.74) is 0.679. The molecule has 1 amide bonds. The maximum Gasteiger partial charge on any atom is 0.573 e. The molecule has 0 saturated carbocycles. The largest absolute Gasteiger partial charge is 0.573 e. The first kappa shape index (κ1) is 25.6. The summed E-state index contributed by atoms with van der Waals surface area (Å²) in [6.07, 6.45) is -4.89. The minimum absolute atomic E-state index is 0.134. The van der Waals surface area contributed by atoms with Gasteiger partial charge in [0.2, 0.25) is 0 Å². The Hall–Kier alpha value is -4.47. The van der Waals surface area contributed by atoms with Crippen molar-refractivity contribution in [1.29, 1.82) is 0 Å². The van der Waals surface area contributed by atoms with Crippen molar-refractivity contribution in [2.45, 2.75) is 19.3 Å². The van der Waals surface area contributed by atoms with Crippen molar-refractivity contribution < 1.29 is 42.1 Å². The first-order valence-corrected chi connectivity index (χ1v) is 11.2. The van der Waals surface area contributed by atoms with Crippen LogP contribution < -0.4 is 19.1 Å². The van der Waals surface area contributed by atoms with E-state index in [0.29, 0.717) is 23.7 Å². The van der Waals surface area contributed by atoms with E-state index in [-0.39, 0.29) is 16.8 Å². The van der Waals surface area contributed by atoms with E-state index < -0.39 is 35.6 Å². The third kappa shape index (κ3) is 5.37. The standard InChI is InChI=1S/C27H22F3NO6/c1-3-36-19-11-7-16(8-12-19)24(32)22-23(17-5-4-6-21(15-17)35-2)31(26(34)25(22)33)18-9-13-20(14-10-18)37-27(28,29)30/h4-15,23,32H,3H2,1-2H3/b24-22-. The quantitative estimate of drug-likeness (QED) is 0.251. The van der Waals surface area contributed by atoms with Crippen LogP contribution in [0.3, 0.4) is 0 Å². The minimum atomic E-state index is -4.89. The van der Waals surface area contributed by atoms with Gasteiger partial charge in [-0.3, -0.25) is 14.5 Å². The molecule has 10 heteroatoms. The number of anilines is 1. The SMILES string of the molecule is CCOc1ccc(/C(O)=C2/C(=O)C(=O)N(c3ccc(OC(F)(F)F)cc3)C2c2cccc(OC)c2)cc1. The molecule has 3 aromatic carbocycles. The van der Waals surface area contributed by atoms with Crippen LogP contribution in [0.2, 0.25) is 0 Å². The second kappa shape index (κ2) is 10.3. The molecule has 1 aliphatic heterocycles. The van der Waals surface area contributed by atoms with Crippen LogP contribution in [0.4, 0.5) is 18.9 Å². The molecule has 0 radical (unpaired) electrons. The summed E-state index contributed by atoms with van der Waals surface area (Å²) in [6, 6.07) is 16.4. The number of alkyl halides is 3. The summed E-state index contributed by atoms with van der Waals surface area (Å²) in [6.45, 7) is 2.27. The molecule has 4 rings (SSSR count). The lowest BCUT2D eigenvalue weighted by atomic mass is 9.95. The molecule has 1 N–H and O–H groups in total. The average molecular weight is 513 g/mol. The van der Waals surface area contributed by atoms with E-state index in [1.54, 1.807) is 48.5 Å². The number of halogens is 3. The Bertz CT molecular complexity index is 1330. The maximum atomic E-state index is 13.2. The summed E-state index contributed by atoms with van der Waals surface area (Å²) in [5.74, 6) is -1.79. The summed E-state index contributed by atoms with van der Waals surface area (Å²) < 4.78 is 52.4. The van der Waals surface area contributed by atoms with E-state index >= 15 is 0 Å². The first-order valence-electron chi connectivity index (χ1n) is 11.2. The van der Waals surface area contributed by atoms with Crippen LogP contribution in [0.1, 0.15) is 24.1 Å². The Labute approximate surface area is 210 Å². The molecule has 1 aliphatic rings. The van der Waals surface area contributed by atoms with Crippen molar-refractivity contribution in [1.82, 2.24) is 0 Å². The third-order valence-corrected chi connectivity index (χ3v) is 5.64. The molecule has 7 nitrogen and oxygen atoms in total. The molecule has 1 heterocycles. The molecule has 1 unspecified atom stereocenters. The number of hydrogen-bond acceptors (Lipinski definition) is 6. The Morgan fingerprint density at radius 3 is 2.19 bits per heavy atom. The number of rotatable bonds is 7. The zero-order valence-corrected chi connectivity index (χ0v) is 19.8. The Morgan fingerprint density at radius 2 is 1.59 bits per heavy atom. The highest BCUT2D eigenvalue weighted by Crippen LogP contribution is 2.43. The maximum absolute atomic E-state index is 13.2. The van der Waals surface area contributed by atoms with Gasteiger partial charge >= 0.3 is 6.36 Å². The van der Waals surface area contributed by atoms with Gasteiger partial charge in [0.1, 0.15) is 23.0 Å². The lowest BCUT2D eigenvalue weighted by molar-refractivity contribution is -0.274. The average Bonchev–Trinajstić information content (AvgIpc) is 3.14. The summed E-state index contributed by atoms with van der Waals surface area (Å²) in [7, 11) is 1.45. The molecule has 3 aromatic rings. The van der Waals surface area contributed by atoms with E-state index in [1.165, 1.54) is 19.2 Å². The van der Waals surface area contributed by atoms with E-state index in [1.807, 2.05) is 6.92 Å².